The van der Waals surface area contributed by atoms with Crippen molar-refractivity contribution in [3.8, 4) is 17.1 Å². The molecule has 0 fully saturated rings. The van der Waals surface area contributed by atoms with E-state index in [9.17, 15) is 14.7 Å². The number of imidazole rings is 1. The Kier molecular flexibility index (Phi) is 8.72. The highest BCUT2D eigenvalue weighted by Crippen LogP contribution is 2.28. The van der Waals surface area contributed by atoms with Crippen LogP contribution in [-0.2, 0) is 23.1 Å². The van der Waals surface area contributed by atoms with Crippen LogP contribution < -0.4 is 10.3 Å². The molecular formula is C27H37N3O5. The molecule has 0 aliphatic heterocycles. The number of ether oxygens (including phenoxy) is 2. The summed E-state index contributed by atoms with van der Waals surface area (Å²) >= 11 is 0. The summed E-state index contributed by atoms with van der Waals surface area (Å²) in [6.45, 7) is 10.9. The van der Waals surface area contributed by atoms with Gasteiger partial charge in [0.2, 0.25) is 0 Å². The third kappa shape index (κ3) is 6.31. The van der Waals surface area contributed by atoms with Crippen molar-refractivity contribution in [3.05, 3.63) is 46.4 Å². The van der Waals surface area contributed by atoms with Crippen molar-refractivity contribution in [1.82, 2.24) is 14.1 Å². The number of hydrogen-bond donors (Lipinski definition) is 1. The number of aliphatic hydroxyl groups excluding tert-OH is 1. The number of pyridine rings is 1. The third-order valence-electron chi connectivity index (χ3n) is 6.03. The summed E-state index contributed by atoms with van der Waals surface area (Å²) in [5.74, 6) is 0.825. The van der Waals surface area contributed by atoms with Crippen molar-refractivity contribution < 1.29 is 19.4 Å². The van der Waals surface area contributed by atoms with Crippen molar-refractivity contribution in [2.24, 2.45) is 18.9 Å². The first-order chi connectivity index (χ1) is 16.6. The van der Waals surface area contributed by atoms with Crippen LogP contribution in [0, 0.1) is 18.8 Å². The molecule has 1 N–H and O–H groups in total. The van der Waals surface area contributed by atoms with Gasteiger partial charge in [0.25, 0.3) is 5.56 Å². The maximum Gasteiger partial charge on any atom is 0.311 e. The van der Waals surface area contributed by atoms with Gasteiger partial charge in [-0.1, -0.05) is 13.8 Å². The van der Waals surface area contributed by atoms with Gasteiger partial charge in [-0.05, 0) is 57.7 Å². The summed E-state index contributed by atoms with van der Waals surface area (Å²) in [5.41, 5.74) is 3.34. The van der Waals surface area contributed by atoms with Crippen LogP contribution in [0.4, 0.5) is 0 Å². The Morgan fingerprint density at radius 3 is 2.57 bits per heavy atom. The molecule has 0 radical (unpaired) electrons. The number of aliphatic hydroxyl groups is 1. The van der Waals surface area contributed by atoms with Crippen LogP contribution in [0.2, 0.25) is 0 Å². The normalized spacial score (nSPS) is 13.3. The van der Waals surface area contributed by atoms with Crippen LogP contribution in [-0.4, -0.2) is 44.5 Å². The highest BCUT2D eigenvalue weighted by molar-refractivity contribution is 5.82. The summed E-state index contributed by atoms with van der Waals surface area (Å²) in [7, 11) is 1.75. The van der Waals surface area contributed by atoms with E-state index in [1.807, 2.05) is 51.2 Å². The first-order valence-electron chi connectivity index (χ1n) is 12.3. The van der Waals surface area contributed by atoms with E-state index in [0.717, 1.165) is 29.0 Å². The molecule has 1 unspecified atom stereocenters. The lowest BCUT2D eigenvalue weighted by atomic mass is 9.98. The molecule has 35 heavy (non-hydrogen) atoms. The monoisotopic (exact) mass is 483 g/mol. The van der Waals surface area contributed by atoms with Gasteiger partial charge in [0, 0.05) is 37.0 Å². The number of aromatic nitrogens is 3. The first kappa shape index (κ1) is 26.5. The number of benzene rings is 1. The molecule has 2 atom stereocenters. The lowest BCUT2D eigenvalue weighted by Gasteiger charge is -2.19. The Hall–Kier alpha value is -3.13. The Labute approximate surface area is 206 Å². The van der Waals surface area contributed by atoms with E-state index in [1.165, 1.54) is 0 Å². The minimum absolute atomic E-state index is 0.0189. The van der Waals surface area contributed by atoms with Crippen LogP contribution in [0.5, 0.6) is 5.75 Å². The predicted octanol–water partition coefficient (Wildman–Crippen LogP) is 4.09. The molecule has 2 aromatic heterocycles. The van der Waals surface area contributed by atoms with Crippen molar-refractivity contribution in [3.63, 3.8) is 0 Å². The summed E-state index contributed by atoms with van der Waals surface area (Å²) in [5, 5.41) is 10.0. The highest BCUT2D eigenvalue weighted by atomic mass is 16.5. The lowest BCUT2D eigenvalue weighted by Crippen LogP contribution is -2.29. The predicted molar refractivity (Wildman–Crippen MR) is 137 cm³/mol. The van der Waals surface area contributed by atoms with Gasteiger partial charge < -0.3 is 23.7 Å². The van der Waals surface area contributed by atoms with Gasteiger partial charge in [0.1, 0.15) is 11.6 Å². The molecule has 0 amide bonds. The maximum atomic E-state index is 12.3. The second-order valence-corrected chi connectivity index (χ2v) is 9.52. The fourth-order valence-corrected chi connectivity index (χ4v) is 4.14. The number of aryl methyl sites for hydroxylation is 3. The van der Waals surface area contributed by atoms with E-state index < -0.39 is 12.0 Å². The zero-order valence-electron chi connectivity index (χ0n) is 21.6. The molecule has 3 rings (SSSR count). The molecule has 0 aliphatic carbocycles. The molecule has 0 saturated carbocycles. The maximum absolute atomic E-state index is 12.3. The van der Waals surface area contributed by atoms with E-state index in [2.05, 4.69) is 11.5 Å². The van der Waals surface area contributed by atoms with Crippen LogP contribution >= 0.6 is 0 Å². The van der Waals surface area contributed by atoms with E-state index >= 15 is 0 Å². The first-order valence-corrected chi connectivity index (χ1v) is 12.3. The van der Waals surface area contributed by atoms with Gasteiger partial charge in [-0.2, -0.15) is 0 Å². The quantitative estimate of drug-likeness (QED) is 0.326. The Morgan fingerprint density at radius 1 is 1.20 bits per heavy atom. The standard InChI is InChI=1S/C27H37N3O5/c1-7-30-24-11-10-21(34-12-8-9-22(19(5)31)27(33)35-16-17(2)3)14-23(24)28-25(30)20-13-18(4)26(32)29(6)15-20/h10-11,13-15,17,19,22,31H,7-9,12,16H2,1-6H3/t19?,22-/m0/s1. The van der Waals surface area contributed by atoms with Gasteiger partial charge >= 0.3 is 5.97 Å². The molecule has 1 aromatic carbocycles. The molecule has 190 valence electrons. The number of esters is 1. The number of carbonyl (C=O) groups excluding carboxylic acids is 1. The SMILES string of the molecule is CCn1c(-c2cc(C)c(=O)n(C)c2)nc2cc(OCCC[C@H](C(=O)OCC(C)C)C(C)O)ccc21. The molecule has 3 aromatic rings. The summed E-state index contributed by atoms with van der Waals surface area (Å²) in [6.07, 6.45) is 2.13. The van der Waals surface area contributed by atoms with Gasteiger partial charge in [-0.25, -0.2) is 4.98 Å². The van der Waals surface area contributed by atoms with Crippen molar-refractivity contribution in [1.29, 1.82) is 0 Å². The van der Waals surface area contributed by atoms with Crippen LogP contribution in [0.25, 0.3) is 22.4 Å². The number of hydrogen-bond acceptors (Lipinski definition) is 6. The van der Waals surface area contributed by atoms with Gasteiger partial charge in [0.05, 0.1) is 36.3 Å². The summed E-state index contributed by atoms with van der Waals surface area (Å²) < 4.78 is 14.9. The van der Waals surface area contributed by atoms with Crippen molar-refractivity contribution in [2.75, 3.05) is 13.2 Å². The topological polar surface area (TPSA) is 95.6 Å². The molecule has 0 bridgehead atoms. The lowest BCUT2D eigenvalue weighted by molar-refractivity contribution is -0.153. The number of nitrogens with zero attached hydrogens (tertiary/aromatic N) is 3. The van der Waals surface area contributed by atoms with Crippen LogP contribution in [0.1, 0.15) is 46.1 Å². The third-order valence-corrected chi connectivity index (χ3v) is 6.03. The summed E-state index contributed by atoms with van der Waals surface area (Å²) in [6, 6.07) is 7.68. The highest BCUT2D eigenvalue weighted by Gasteiger charge is 2.25. The summed E-state index contributed by atoms with van der Waals surface area (Å²) in [4.78, 5) is 29.2. The minimum Gasteiger partial charge on any atom is -0.494 e. The molecular weight excluding hydrogens is 446 g/mol. The zero-order chi connectivity index (χ0) is 25.7. The minimum atomic E-state index is -0.774. The molecule has 0 aliphatic rings. The van der Waals surface area contributed by atoms with E-state index in [4.69, 9.17) is 14.5 Å². The second-order valence-electron chi connectivity index (χ2n) is 9.52. The van der Waals surface area contributed by atoms with Crippen LogP contribution in [0.15, 0.2) is 35.3 Å². The van der Waals surface area contributed by atoms with E-state index in [0.29, 0.717) is 37.4 Å². The molecule has 8 nitrogen and oxygen atoms in total. The smallest absolute Gasteiger partial charge is 0.311 e. The fourth-order valence-electron chi connectivity index (χ4n) is 4.14. The number of carbonyl (C=O) groups is 1. The molecule has 8 heteroatoms. The zero-order valence-corrected chi connectivity index (χ0v) is 21.6. The number of fused-ring (bicyclic) bond motifs is 1. The van der Waals surface area contributed by atoms with Crippen molar-refractivity contribution >= 4 is 17.0 Å². The largest absolute Gasteiger partial charge is 0.494 e. The Balaban J connectivity index is 1.70. The van der Waals surface area contributed by atoms with Crippen LogP contribution in [0.3, 0.4) is 0 Å². The van der Waals surface area contributed by atoms with E-state index in [1.54, 1.807) is 18.5 Å². The molecule has 0 spiro atoms. The van der Waals surface area contributed by atoms with Gasteiger partial charge in [-0.15, -0.1) is 0 Å². The number of rotatable bonds is 11. The van der Waals surface area contributed by atoms with E-state index in [-0.39, 0.29) is 17.4 Å². The molecule has 0 saturated heterocycles. The Morgan fingerprint density at radius 2 is 1.94 bits per heavy atom. The Bertz CT molecular complexity index is 1200. The molecule has 2 heterocycles. The van der Waals surface area contributed by atoms with Gasteiger partial charge in [0.15, 0.2) is 0 Å². The fraction of sp³-hybridized carbons (Fsp3) is 0.519. The second kappa shape index (κ2) is 11.5. The van der Waals surface area contributed by atoms with Crippen molar-refractivity contribution in [2.45, 2.75) is 60.1 Å². The average Bonchev–Trinajstić information content (AvgIpc) is 3.18. The van der Waals surface area contributed by atoms with Gasteiger partial charge in [-0.3, -0.25) is 9.59 Å². The average molecular weight is 484 g/mol.